The molecule has 1 nitrogen and oxygen atoms in total. The number of thiophene rings is 1. The van der Waals surface area contributed by atoms with Crippen LogP contribution in [0.15, 0.2) is 34.1 Å². The molecule has 2 aromatic rings. The highest BCUT2D eigenvalue weighted by atomic mass is 79.9. The van der Waals surface area contributed by atoms with E-state index >= 15 is 0 Å². The van der Waals surface area contributed by atoms with Crippen LogP contribution in [0.2, 0.25) is 5.02 Å². The van der Waals surface area contributed by atoms with Crippen molar-refractivity contribution in [1.29, 1.82) is 0 Å². The molecule has 2 N–H and O–H groups in total. The maximum absolute atomic E-state index is 6.24. The number of hydrogen-bond donors (Lipinski definition) is 1. The third-order valence-electron chi connectivity index (χ3n) is 2.57. The third-order valence-corrected chi connectivity index (χ3v) is 4.87. The lowest BCUT2D eigenvalue weighted by Crippen LogP contribution is -2.12. The molecule has 0 aliphatic carbocycles. The highest BCUT2D eigenvalue weighted by Crippen LogP contribution is 2.34. The van der Waals surface area contributed by atoms with Gasteiger partial charge in [-0.3, -0.25) is 0 Å². The lowest BCUT2D eigenvalue weighted by atomic mass is 10.0. The summed E-state index contributed by atoms with van der Waals surface area (Å²) in [5, 5.41) is 2.71. The maximum Gasteiger partial charge on any atom is 0.0664 e. The molecule has 1 unspecified atom stereocenters. The number of rotatable bonds is 2. The molecule has 0 bridgehead atoms. The number of halogens is 2. The minimum absolute atomic E-state index is 0.148. The quantitative estimate of drug-likeness (QED) is 0.866. The van der Waals surface area contributed by atoms with Crippen molar-refractivity contribution in [1.82, 2.24) is 0 Å². The van der Waals surface area contributed by atoms with Crippen molar-refractivity contribution >= 4 is 38.9 Å². The van der Waals surface area contributed by atoms with Crippen LogP contribution in [-0.2, 0) is 0 Å². The zero-order valence-corrected chi connectivity index (χ0v) is 11.9. The van der Waals surface area contributed by atoms with E-state index in [9.17, 15) is 0 Å². The Hall–Kier alpha value is -0.350. The SMILES string of the molecule is Cc1c(Br)cccc1C(N)c1sccc1Cl. The minimum Gasteiger partial charge on any atom is -0.320 e. The van der Waals surface area contributed by atoms with Gasteiger partial charge in [0.05, 0.1) is 11.1 Å². The molecule has 16 heavy (non-hydrogen) atoms. The van der Waals surface area contributed by atoms with Gasteiger partial charge >= 0.3 is 0 Å². The average Bonchev–Trinajstić information content (AvgIpc) is 2.68. The summed E-state index contributed by atoms with van der Waals surface area (Å²) >= 11 is 11.2. The summed E-state index contributed by atoms with van der Waals surface area (Å²) in [6, 6.07) is 7.79. The molecule has 0 aliphatic heterocycles. The van der Waals surface area contributed by atoms with Crippen molar-refractivity contribution in [2.45, 2.75) is 13.0 Å². The zero-order valence-electron chi connectivity index (χ0n) is 8.71. The van der Waals surface area contributed by atoms with Gasteiger partial charge in [-0.1, -0.05) is 39.7 Å². The molecule has 1 heterocycles. The highest BCUT2D eigenvalue weighted by molar-refractivity contribution is 9.10. The van der Waals surface area contributed by atoms with Crippen LogP contribution < -0.4 is 5.73 Å². The first-order chi connectivity index (χ1) is 7.61. The Morgan fingerprint density at radius 1 is 1.38 bits per heavy atom. The Balaban J connectivity index is 2.46. The molecule has 84 valence electrons. The predicted molar refractivity (Wildman–Crippen MR) is 74.2 cm³/mol. The summed E-state index contributed by atoms with van der Waals surface area (Å²) in [5.74, 6) is 0. The van der Waals surface area contributed by atoms with E-state index in [1.807, 2.05) is 29.6 Å². The normalized spacial score (nSPS) is 12.8. The second kappa shape index (κ2) is 4.88. The van der Waals surface area contributed by atoms with Crippen molar-refractivity contribution in [2.24, 2.45) is 5.73 Å². The Morgan fingerprint density at radius 2 is 2.12 bits per heavy atom. The molecule has 0 saturated carbocycles. The fourth-order valence-electron chi connectivity index (χ4n) is 1.63. The van der Waals surface area contributed by atoms with Crippen LogP contribution in [0.1, 0.15) is 22.0 Å². The van der Waals surface area contributed by atoms with E-state index < -0.39 is 0 Å². The van der Waals surface area contributed by atoms with Crippen LogP contribution in [0.25, 0.3) is 0 Å². The first-order valence-corrected chi connectivity index (χ1v) is 6.90. The van der Waals surface area contributed by atoms with Gasteiger partial charge in [0, 0.05) is 9.35 Å². The van der Waals surface area contributed by atoms with Crippen molar-refractivity contribution in [3.05, 3.63) is 55.1 Å². The van der Waals surface area contributed by atoms with Crippen molar-refractivity contribution in [3.63, 3.8) is 0 Å². The standard InChI is InChI=1S/C12H11BrClNS/c1-7-8(3-2-4-9(7)13)11(15)12-10(14)5-6-16-12/h2-6,11H,15H2,1H3. The van der Waals surface area contributed by atoms with Gasteiger partial charge < -0.3 is 5.73 Å². The van der Waals surface area contributed by atoms with Gasteiger partial charge in [0.1, 0.15) is 0 Å². The molecule has 0 radical (unpaired) electrons. The molecule has 0 fully saturated rings. The predicted octanol–water partition coefficient (Wildman–Crippen LogP) is 4.52. The van der Waals surface area contributed by atoms with Gasteiger partial charge in [-0.05, 0) is 35.6 Å². The van der Waals surface area contributed by atoms with Gasteiger partial charge in [-0.2, -0.15) is 0 Å². The Kier molecular flexibility index (Phi) is 3.70. The number of benzene rings is 1. The van der Waals surface area contributed by atoms with Gasteiger partial charge in [0.25, 0.3) is 0 Å². The van der Waals surface area contributed by atoms with Gasteiger partial charge in [-0.15, -0.1) is 11.3 Å². The second-order valence-corrected chi connectivity index (χ2v) is 5.77. The van der Waals surface area contributed by atoms with E-state index in [1.54, 1.807) is 11.3 Å². The lowest BCUT2D eigenvalue weighted by molar-refractivity contribution is 0.881. The second-order valence-electron chi connectivity index (χ2n) is 3.56. The Bertz CT molecular complexity index is 509. The molecule has 0 spiro atoms. The minimum atomic E-state index is -0.148. The molecular weight excluding hydrogens is 306 g/mol. The lowest BCUT2D eigenvalue weighted by Gasteiger charge is -2.14. The van der Waals surface area contributed by atoms with Gasteiger partial charge in [0.2, 0.25) is 0 Å². The van der Waals surface area contributed by atoms with E-state index in [0.717, 1.165) is 19.9 Å². The molecular formula is C12H11BrClNS. The highest BCUT2D eigenvalue weighted by Gasteiger charge is 2.16. The summed E-state index contributed by atoms with van der Waals surface area (Å²) in [6.45, 7) is 2.06. The smallest absolute Gasteiger partial charge is 0.0664 e. The maximum atomic E-state index is 6.24. The van der Waals surface area contributed by atoms with Crippen molar-refractivity contribution in [2.75, 3.05) is 0 Å². The molecule has 2 rings (SSSR count). The van der Waals surface area contributed by atoms with Crippen molar-refractivity contribution in [3.8, 4) is 0 Å². The molecule has 1 atom stereocenters. The van der Waals surface area contributed by atoms with E-state index in [4.69, 9.17) is 17.3 Å². The fourth-order valence-corrected chi connectivity index (χ4v) is 3.20. The first kappa shape index (κ1) is 12.1. The summed E-state index contributed by atoms with van der Waals surface area (Å²) in [5.41, 5.74) is 8.51. The Labute approximate surface area is 112 Å². The van der Waals surface area contributed by atoms with Crippen LogP contribution in [0, 0.1) is 6.92 Å². The monoisotopic (exact) mass is 315 g/mol. The van der Waals surface area contributed by atoms with Crippen LogP contribution >= 0.6 is 38.9 Å². The summed E-state index contributed by atoms with van der Waals surface area (Å²) in [4.78, 5) is 1.02. The average molecular weight is 317 g/mol. The largest absolute Gasteiger partial charge is 0.320 e. The molecule has 1 aromatic heterocycles. The van der Waals surface area contributed by atoms with Gasteiger partial charge in [-0.25, -0.2) is 0 Å². The number of hydrogen-bond acceptors (Lipinski definition) is 2. The molecule has 0 amide bonds. The summed E-state index contributed by atoms with van der Waals surface area (Å²) in [7, 11) is 0. The molecule has 0 aliphatic rings. The topological polar surface area (TPSA) is 26.0 Å². The molecule has 0 saturated heterocycles. The summed E-state index contributed by atoms with van der Waals surface area (Å²) < 4.78 is 1.08. The van der Waals surface area contributed by atoms with E-state index in [0.29, 0.717) is 0 Å². The van der Waals surface area contributed by atoms with E-state index in [2.05, 4.69) is 22.9 Å². The van der Waals surface area contributed by atoms with Crippen LogP contribution in [0.4, 0.5) is 0 Å². The Morgan fingerprint density at radius 3 is 2.75 bits per heavy atom. The van der Waals surface area contributed by atoms with Crippen LogP contribution in [0.3, 0.4) is 0 Å². The number of nitrogens with two attached hydrogens (primary N) is 1. The molecule has 1 aromatic carbocycles. The molecule has 4 heteroatoms. The fraction of sp³-hybridized carbons (Fsp3) is 0.167. The third kappa shape index (κ3) is 2.18. The van der Waals surface area contributed by atoms with Crippen molar-refractivity contribution < 1.29 is 0 Å². The van der Waals surface area contributed by atoms with E-state index in [-0.39, 0.29) is 6.04 Å². The van der Waals surface area contributed by atoms with Crippen LogP contribution in [0.5, 0.6) is 0 Å². The summed E-state index contributed by atoms with van der Waals surface area (Å²) in [6.07, 6.45) is 0. The van der Waals surface area contributed by atoms with Crippen LogP contribution in [-0.4, -0.2) is 0 Å². The van der Waals surface area contributed by atoms with E-state index in [1.165, 1.54) is 5.56 Å². The van der Waals surface area contributed by atoms with Gasteiger partial charge in [0.15, 0.2) is 0 Å². The zero-order chi connectivity index (χ0) is 11.7. The first-order valence-electron chi connectivity index (χ1n) is 4.84.